The molecule has 14 nitrogen and oxygen atoms in total. The minimum absolute atomic E-state index is 0.0767. The fourth-order valence-corrected chi connectivity index (χ4v) is 11.3. The van der Waals surface area contributed by atoms with Crippen molar-refractivity contribution in [3.63, 3.8) is 0 Å². The molecule has 396 valence electrons. The molecule has 10 rings (SSSR count). The quantitative estimate of drug-likeness (QED) is 0.133. The van der Waals surface area contributed by atoms with Gasteiger partial charge in [0.15, 0.2) is 11.3 Å². The molecule has 8 aromatic rings. The van der Waals surface area contributed by atoms with E-state index in [1.165, 1.54) is 21.3 Å². The average Bonchev–Trinajstić information content (AvgIpc) is 3.38. The maximum absolute atomic E-state index is 14.9. The Kier molecular flexibility index (Phi) is 15.8. The van der Waals surface area contributed by atoms with Crippen LogP contribution in [0.5, 0.6) is 0 Å². The number of anilines is 2. The summed E-state index contributed by atoms with van der Waals surface area (Å²) in [5.74, 6) is 0.840. The second-order valence-corrected chi connectivity index (χ2v) is 22.2. The molecule has 2 aliphatic heterocycles. The minimum Gasteiger partial charge on any atom is -0.353 e. The summed E-state index contributed by atoms with van der Waals surface area (Å²) >= 11 is 25.9. The Morgan fingerprint density at radius 2 is 0.895 bits per heavy atom. The third kappa shape index (κ3) is 10.5. The van der Waals surface area contributed by atoms with Crippen molar-refractivity contribution in [2.24, 2.45) is 11.8 Å². The lowest BCUT2D eigenvalue weighted by Gasteiger charge is -2.38. The van der Waals surface area contributed by atoms with Crippen molar-refractivity contribution in [1.29, 1.82) is 0 Å². The monoisotopic (exact) mass is 1110 g/mol. The van der Waals surface area contributed by atoms with E-state index in [0.717, 1.165) is 38.8 Å². The van der Waals surface area contributed by atoms with Crippen LogP contribution < -0.4 is 21.2 Å². The van der Waals surface area contributed by atoms with Crippen LogP contribution in [-0.2, 0) is 0 Å². The predicted molar refractivity (Wildman–Crippen MR) is 300 cm³/mol. The zero-order chi connectivity index (χ0) is 54.6. The highest BCUT2D eigenvalue weighted by atomic mass is 35.5. The molecule has 2 aliphatic rings. The molecule has 4 atom stereocenters. The predicted octanol–water partition coefficient (Wildman–Crippen LogP) is 13.5. The molecule has 0 spiro atoms. The number of nitrogens with zero attached hydrogens (tertiary/aromatic N) is 12. The molecule has 76 heavy (non-hydrogen) atoms. The molecule has 0 bridgehead atoms. The fraction of sp³-hybridized carbons (Fsp3) is 0.393. The number of aromatic nitrogens is 10. The molecule has 0 N–H and O–H groups in total. The second kappa shape index (κ2) is 22.0. The standard InChI is InChI=1S/2C28H29Cl2FN6O/c2*1-14(2)22-24(17(5)32-27(30)34-22)37-26-19(12-20(29)23(33-26)18-8-6-7-9-21(18)31)25(35-28(37)38)36-13-15(3)10-11-16(36)4/h2*6-9,12,14-16H,10-11,13H2,1-5H3/t2*15-,16-/m00/s1. The fourth-order valence-electron chi connectivity index (χ4n) is 10.4. The van der Waals surface area contributed by atoms with Gasteiger partial charge < -0.3 is 9.80 Å². The van der Waals surface area contributed by atoms with Gasteiger partial charge in [-0.3, -0.25) is 0 Å². The molecule has 2 saturated heterocycles. The van der Waals surface area contributed by atoms with Gasteiger partial charge in [0.25, 0.3) is 0 Å². The maximum Gasteiger partial charge on any atom is 0.355 e. The molecular formula is C56H58Cl4F2N12O2. The van der Waals surface area contributed by atoms with Gasteiger partial charge >= 0.3 is 11.4 Å². The third-order valence-electron chi connectivity index (χ3n) is 14.3. The van der Waals surface area contributed by atoms with E-state index < -0.39 is 23.0 Å². The minimum atomic E-state index is -0.525. The molecule has 20 heteroatoms. The Balaban J connectivity index is 0.000000186. The lowest BCUT2D eigenvalue weighted by atomic mass is 9.95. The van der Waals surface area contributed by atoms with Gasteiger partial charge in [0.1, 0.15) is 23.3 Å². The van der Waals surface area contributed by atoms with E-state index in [4.69, 9.17) is 56.4 Å². The number of fused-ring (bicyclic) bond motifs is 2. The Hall–Kier alpha value is -6.20. The summed E-state index contributed by atoms with van der Waals surface area (Å²) in [7, 11) is 0. The third-order valence-corrected chi connectivity index (χ3v) is 15.2. The molecule has 2 fully saturated rings. The highest BCUT2D eigenvalue weighted by molar-refractivity contribution is 6.34. The van der Waals surface area contributed by atoms with E-state index in [0.29, 0.717) is 79.7 Å². The summed E-state index contributed by atoms with van der Waals surface area (Å²) in [5, 5.41) is 1.91. The smallest absolute Gasteiger partial charge is 0.353 e. The van der Waals surface area contributed by atoms with Crippen LogP contribution in [0.2, 0.25) is 20.6 Å². The van der Waals surface area contributed by atoms with Gasteiger partial charge in [0.05, 0.1) is 66.4 Å². The Morgan fingerprint density at radius 1 is 0.526 bits per heavy atom. The highest BCUT2D eigenvalue weighted by Gasteiger charge is 2.32. The number of aryl methyl sites for hydroxylation is 2. The van der Waals surface area contributed by atoms with Crippen LogP contribution in [0.3, 0.4) is 0 Å². The number of rotatable bonds is 8. The summed E-state index contributed by atoms with van der Waals surface area (Å²) in [6.07, 6.45) is 4.15. The maximum atomic E-state index is 14.9. The summed E-state index contributed by atoms with van der Waals surface area (Å²) in [4.78, 5) is 68.5. The number of hydrogen-bond acceptors (Lipinski definition) is 12. The van der Waals surface area contributed by atoms with Crippen LogP contribution in [0.1, 0.15) is 116 Å². The SMILES string of the molecule is Cc1nc(Cl)nc(C(C)C)c1-n1c(=O)nc(N2C[C@@H](C)CC[C@@H]2C)c2cc(Cl)c(-c3ccccc3F)nc21.Cc1nc(Cl)nc(C(C)C)c1-n1c(=O)nc(N2C[C@@H](C)CC[C@@H]2C)c2cc(Cl)c(-c3ccccc3F)nc21. The Morgan fingerprint density at radius 3 is 1.25 bits per heavy atom. The van der Waals surface area contributed by atoms with Crippen LogP contribution in [0, 0.1) is 37.3 Å². The van der Waals surface area contributed by atoms with Crippen LogP contribution in [0.4, 0.5) is 20.4 Å². The number of piperidine rings is 2. The van der Waals surface area contributed by atoms with Gasteiger partial charge in [-0.25, -0.2) is 57.4 Å². The van der Waals surface area contributed by atoms with Crippen molar-refractivity contribution in [2.45, 2.75) is 119 Å². The first-order chi connectivity index (χ1) is 36.1. The topological polar surface area (TPSA) is 154 Å². The largest absolute Gasteiger partial charge is 0.355 e. The summed E-state index contributed by atoms with van der Waals surface area (Å²) in [6.45, 7) is 21.5. The van der Waals surface area contributed by atoms with Crippen molar-refractivity contribution in [3.8, 4) is 33.9 Å². The van der Waals surface area contributed by atoms with Gasteiger partial charge in [-0.1, -0.05) is 89.0 Å². The Bertz CT molecular complexity index is 3450. The average molecular weight is 1110 g/mol. The molecular weight excluding hydrogens is 1050 g/mol. The number of hydrogen-bond donors (Lipinski definition) is 0. The van der Waals surface area contributed by atoms with Crippen molar-refractivity contribution in [3.05, 3.63) is 137 Å². The van der Waals surface area contributed by atoms with Crippen molar-refractivity contribution in [1.82, 2.24) is 49.0 Å². The number of halogens is 6. The van der Waals surface area contributed by atoms with Gasteiger partial charge in [-0.15, -0.1) is 0 Å². The lowest BCUT2D eigenvalue weighted by molar-refractivity contribution is 0.388. The van der Waals surface area contributed by atoms with Crippen molar-refractivity contribution in [2.75, 3.05) is 22.9 Å². The van der Waals surface area contributed by atoms with Crippen molar-refractivity contribution < 1.29 is 8.78 Å². The van der Waals surface area contributed by atoms with E-state index in [9.17, 15) is 18.4 Å². The van der Waals surface area contributed by atoms with Crippen LogP contribution in [0.15, 0.2) is 70.3 Å². The second-order valence-electron chi connectivity index (χ2n) is 20.7. The molecule has 0 saturated carbocycles. The molecule has 0 amide bonds. The summed E-state index contributed by atoms with van der Waals surface area (Å²) in [5.41, 5.74) is 3.65. The number of pyridine rings is 2. The van der Waals surface area contributed by atoms with Gasteiger partial charge in [0.2, 0.25) is 10.6 Å². The van der Waals surface area contributed by atoms with Crippen LogP contribution in [-0.4, -0.2) is 74.2 Å². The van der Waals surface area contributed by atoms with Crippen molar-refractivity contribution >= 4 is 80.1 Å². The molecule has 0 radical (unpaired) electrons. The Labute approximate surface area is 459 Å². The van der Waals surface area contributed by atoms with E-state index in [2.05, 4.69) is 67.4 Å². The molecule has 8 heterocycles. The highest BCUT2D eigenvalue weighted by Crippen LogP contribution is 2.40. The summed E-state index contributed by atoms with van der Waals surface area (Å²) in [6, 6.07) is 16.4. The van der Waals surface area contributed by atoms with E-state index in [-0.39, 0.29) is 67.0 Å². The zero-order valence-electron chi connectivity index (χ0n) is 43.9. The number of benzene rings is 2. The van der Waals surface area contributed by atoms with E-state index in [1.54, 1.807) is 62.4 Å². The van der Waals surface area contributed by atoms with Gasteiger partial charge in [-0.05, 0) is 137 Å². The first-order valence-electron chi connectivity index (χ1n) is 25.5. The van der Waals surface area contributed by atoms with Gasteiger partial charge in [0, 0.05) is 36.3 Å². The molecule has 6 aromatic heterocycles. The normalized spacial score (nSPS) is 18.0. The van der Waals surface area contributed by atoms with Crippen LogP contribution in [0.25, 0.3) is 56.0 Å². The first kappa shape index (κ1) is 54.6. The van der Waals surface area contributed by atoms with E-state index in [1.807, 2.05) is 27.7 Å². The first-order valence-corrected chi connectivity index (χ1v) is 27.0. The summed E-state index contributed by atoms with van der Waals surface area (Å²) < 4.78 is 32.6. The van der Waals surface area contributed by atoms with E-state index >= 15 is 0 Å². The van der Waals surface area contributed by atoms with Crippen LogP contribution >= 0.6 is 46.4 Å². The molecule has 0 aliphatic carbocycles. The molecule has 0 unspecified atom stereocenters. The molecule has 2 aromatic carbocycles. The van der Waals surface area contributed by atoms with Gasteiger partial charge in [-0.2, -0.15) is 9.97 Å². The zero-order valence-corrected chi connectivity index (χ0v) is 47.0. The lowest BCUT2D eigenvalue weighted by Crippen LogP contribution is -2.43.